The second-order valence-corrected chi connectivity index (χ2v) is 19.1. The van der Waals surface area contributed by atoms with E-state index in [0.29, 0.717) is 13.0 Å². The molecule has 1 heterocycles. The van der Waals surface area contributed by atoms with E-state index in [-0.39, 0.29) is 19.6 Å². The van der Waals surface area contributed by atoms with Crippen LogP contribution in [0.3, 0.4) is 0 Å². The van der Waals surface area contributed by atoms with E-state index >= 15 is 0 Å². The van der Waals surface area contributed by atoms with Gasteiger partial charge in [0.1, 0.15) is 30.5 Å². The lowest BCUT2D eigenvalue weighted by Crippen LogP contribution is -2.60. The number of carbonyl (C=O) groups excluding carboxylic acids is 1. The number of carbonyl (C=O) groups is 1. The van der Waals surface area contributed by atoms with Crippen LogP contribution in [0.15, 0.2) is 85.1 Å². The van der Waals surface area contributed by atoms with Gasteiger partial charge in [0.05, 0.1) is 19.8 Å². The maximum atomic E-state index is 12.9. The maximum absolute atomic E-state index is 12.9. The van der Waals surface area contributed by atoms with Crippen molar-refractivity contribution in [2.75, 3.05) is 26.4 Å². The molecule has 6 unspecified atom stereocenters. The molecule has 13 heteroatoms. The molecule has 0 bridgehead atoms. The summed E-state index contributed by atoms with van der Waals surface area (Å²) < 4.78 is 59.3. The van der Waals surface area contributed by atoms with Gasteiger partial charge in [0.25, 0.3) is 0 Å². The normalized spacial score (nSPS) is 19.9. The van der Waals surface area contributed by atoms with E-state index in [0.717, 1.165) is 83.5 Å². The number of ether oxygens (including phenoxy) is 4. The van der Waals surface area contributed by atoms with Gasteiger partial charge in [-0.05, 0) is 70.6 Å². The molecule has 0 aromatic heterocycles. The molecular formula is C56H96O12S. The van der Waals surface area contributed by atoms with Gasteiger partial charge in [0.15, 0.2) is 6.29 Å². The van der Waals surface area contributed by atoms with Gasteiger partial charge < -0.3 is 34.3 Å². The highest BCUT2D eigenvalue weighted by Gasteiger charge is 2.48. The first-order valence-electron chi connectivity index (χ1n) is 26.8. The average Bonchev–Trinajstić information content (AvgIpc) is 3.32. The van der Waals surface area contributed by atoms with Crippen LogP contribution in [0.5, 0.6) is 0 Å². The summed E-state index contributed by atoms with van der Waals surface area (Å²) in [5.41, 5.74) is 0. The lowest BCUT2D eigenvalue weighted by Gasteiger charge is -2.41. The molecule has 0 aromatic carbocycles. The minimum atomic E-state index is -5.08. The molecule has 4 N–H and O–H groups in total. The van der Waals surface area contributed by atoms with Gasteiger partial charge in [-0.2, -0.15) is 8.42 Å². The van der Waals surface area contributed by atoms with Crippen LogP contribution in [-0.2, 0) is 38.3 Å². The van der Waals surface area contributed by atoms with Crippen molar-refractivity contribution in [1.82, 2.24) is 0 Å². The van der Waals surface area contributed by atoms with Crippen molar-refractivity contribution in [2.45, 2.75) is 237 Å². The van der Waals surface area contributed by atoms with Crippen LogP contribution in [0.4, 0.5) is 0 Å². The number of unbranched alkanes of at least 4 members (excludes halogenated alkanes) is 19. The van der Waals surface area contributed by atoms with Gasteiger partial charge in [-0.25, -0.2) is 4.18 Å². The van der Waals surface area contributed by atoms with Crippen LogP contribution in [0, 0.1) is 0 Å². The Morgan fingerprint density at radius 1 is 0.565 bits per heavy atom. The monoisotopic (exact) mass is 993 g/mol. The van der Waals surface area contributed by atoms with Crippen LogP contribution in [0.25, 0.3) is 0 Å². The first-order chi connectivity index (χ1) is 33.6. The fourth-order valence-corrected chi connectivity index (χ4v) is 8.28. The first kappa shape index (κ1) is 64.3. The Hall–Kier alpha value is -2.72. The van der Waals surface area contributed by atoms with Gasteiger partial charge in [-0.3, -0.25) is 9.35 Å². The molecule has 69 heavy (non-hydrogen) atoms. The highest BCUT2D eigenvalue weighted by atomic mass is 32.3. The van der Waals surface area contributed by atoms with Crippen molar-refractivity contribution in [3.8, 4) is 0 Å². The summed E-state index contributed by atoms with van der Waals surface area (Å²) in [5.74, 6) is -0.415. The smallest absolute Gasteiger partial charge is 0.397 e. The molecule has 0 amide bonds. The standard InChI is InChI=1S/C56H96O12S/c1-3-5-7-9-11-13-15-17-19-21-23-24-25-26-27-28-30-32-34-36-38-40-42-44-46-64-48-50(49-65-56-54(60)55(68-69(61,62)63)53(59)51(47-57)67-56)66-52(58)45-43-41-39-37-35-33-31-29-22-20-18-16-14-12-10-8-6-4-2/h5,7,11,13,17,19,23-24,26-27,30,32,36,38,50-51,53-57,59-60H,3-4,6,8-10,12,14-16,18,20-22,25,28-29,31,33-35,37,39-49H2,1-2H3,(H,61,62,63)/b7-5-,13-11-,19-17-,24-23-,27-26-,32-30-,38-36-. The number of hydrogen-bond donors (Lipinski definition) is 4. The third-order valence-corrected chi connectivity index (χ3v) is 12.2. The van der Waals surface area contributed by atoms with Gasteiger partial charge in [0, 0.05) is 13.0 Å². The molecule has 398 valence electrons. The van der Waals surface area contributed by atoms with Crippen LogP contribution in [0.2, 0.25) is 0 Å². The third-order valence-electron chi connectivity index (χ3n) is 11.8. The molecule has 1 fully saturated rings. The van der Waals surface area contributed by atoms with Crippen molar-refractivity contribution >= 4 is 16.4 Å². The molecule has 1 rings (SSSR count). The summed E-state index contributed by atoms with van der Waals surface area (Å²) in [5, 5.41) is 30.8. The SMILES string of the molecule is CC/C=C\C/C=C\C/C=C\C/C=C\C/C=C\C/C=C\C/C=C\CCCCOCC(COC1OC(CO)C(O)C(OS(=O)(=O)O)C1O)OC(=O)CCCCCCCCCCCCCCCCCCCC. The number of hydrogen-bond acceptors (Lipinski definition) is 11. The number of allylic oxidation sites excluding steroid dienone is 14. The molecule has 0 aliphatic carbocycles. The second kappa shape index (κ2) is 46.4. The van der Waals surface area contributed by atoms with Crippen molar-refractivity contribution in [2.24, 2.45) is 0 Å². The molecule has 12 nitrogen and oxygen atoms in total. The van der Waals surface area contributed by atoms with Crippen LogP contribution in [-0.4, -0.2) is 97.5 Å². The predicted molar refractivity (Wildman–Crippen MR) is 280 cm³/mol. The number of esters is 1. The fourth-order valence-electron chi connectivity index (χ4n) is 7.77. The van der Waals surface area contributed by atoms with Crippen LogP contribution in [0.1, 0.15) is 200 Å². The quantitative estimate of drug-likeness (QED) is 0.0197. The van der Waals surface area contributed by atoms with Crippen molar-refractivity contribution in [1.29, 1.82) is 0 Å². The van der Waals surface area contributed by atoms with Crippen molar-refractivity contribution in [3.63, 3.8) is 0 Å². The van der Waals surface area contributed by atoms with Gasteiger partial charge in [-0.15, -0.1) is 0 Å². The molecular weight excluding hydrogens is 897 g/mol. The first-order valence-corrected chi connectivity index (χ1v) is 28.2. The summed E-state index contributed by atoms with van der Waals surface area (Å²) in [6.07, 6.45) is 53.3. The van der Waals surface area contributed by atoms with Crippen molar-refractivity contribution in [3.05, 3.63) is 85.1 Å². The van der Waals surface area contributed by atoms with E-state index in [4.69, 9.17) is 18.9 Å². The summed E-state index contributed by atoms with van der Waals surface area (Å²) in [6.45, 7) is 3.78. The molecule has 1 saturated heterocycles. The second-order valence-electron chi connectivity index (χ2n) is 18.1. The molecule has 0 aromatic rings. The van der Waals surface area contributed by atoms with Crippen LogP contribution < -0.4 is 0 Å². The zero-order valence-corrected chi connectivity index (χ0v) is 43.7. The average molecular weight is 993 g/mol. The Bertz CT molecular complexity index is 1520. The number of rotatable bonds is 46. The Kier molecular flexibility index (Phi) is 43.2. The van der Waals surface area contributed by atoms with Crippen molar-refractivity contribution < 1.29 is 56.2 Å². The fraction of sp³-hybridized carbons (Fsp3) is 0.732. The van der Waals surface area contributed by atoms with Gasteiger partial charge in [-0.1, -0.05) is 208 Å². The Morgan fingerprint density at radius 2 is 1.00 bits per heavy atom. The van der Waals surface area contributed by atoms with E-state index in [1.165, 1.54) is 89.9 Å². The summed E-state index contributed by atoms with van der Waals surface area (Å²) in [4.78, 5) is 12.9. The summed E-state index contributed by atoms with van der Waals surface area (Å²) in [6, 6.07) is 0. The molecule has 1 aliphatic rings. The molecule has 1 aliphatic heterocycles. The van der Waals surface area contributed by atoms with Gasteiger partial charge in [0.2, 0.25) is 0 Å². The minimum Gasteiger partial charge on any atom is -0.457 e. The van der Waals surface area contributed by atoms with E-state index in [1.54, 1.807) is 0 Å². The van der Waals surface area contributed by atoms with Crippen LogP contribution >= 0.6 is 0 Å². The Morgan fingerprint density at radius 3 is 1.43 bits per heavy atom. The topological polar surface area (TPSA) is 178 Å². The number of aliphatic hydroxyl groups is 3. The minimum absolute atomic E-state index is 0.00318. The number of aliphatic hydroxyl groups excluding tert-OH is 3. The van der Waals surface area contributed by atoms with Gasteiger partial charge >= 0.3 is 16.4 Å². The third kappa shape index (κ3) is 39.6. The predicted octanol–water partition coefficient (Wildman–Crippen LogP) is 12.8. The maximum Gasteiger partial charge on any atom is 0.397 e. The molecule has 0 radical (unpaired) electrons. The van der Waals surface area contributed by atoms with E-state index in [1.807, 2.05) is 0 Å². The lowest BCUT2D eigenvalue weighted by molar-refractivity contribution is -0.301. The zero-order valence-electron chi connectivity index (χ0n) is 42.8. The molecule has 6 atom stereocenters. The molecule has 0 saturated carbocycles. The Labute approximate surface area is 419 Å². The molecule has 0 spiro atoms. The van der Waals surface area contributed by atoms with E-state index < -0.39 is 59.8 Å². The summed E-state index contributed by atoms with van der Waals surface area (Å²) in [7, 11) is -5.08. The van der Waals surface area contributed by atoms with E-state index in [2.05, 4.69) is 103 Å². The lowest BCUT2D eigenvalue weighted by atomic mass is 9.99. The summed E-state index contributed by atoms with van der Waals surface area (Å²) >= 11 is 0. The Balaban J connectivity index is 2.39. The highest BCUT2D eigenvalue weighted by Crippen LogP contribution is 2.26. The largest absolute Gasteiger partial charge is 0.457 e. The highest BCUT2D eigenvalue weighted by molar-refractivity contribution is 7.80. The van der Waals surface area contributed by atoms with E-state index in [9.17, 15) is 33.1 Å². The zero-order chi connectivity index (χ0) is 50.3.